The number of piperidine rings is 1. The van der Waals surface area contributed by atoms with Crippen LogP contribution in [0.3, 0.4) is 0 Å². The van der Waals surface area contributed by atoms with Crippen molar-refractivity contribution in [2.45, 2.75) is 25.3 Å². The van der Waals surface area contributed by atoms with Crippen LogP contribution in [0.25, 0.3) is 0 Å². The van der Waals surface area contributed by atoms with Crippen LogP contribution in [-0.2, 0) is 14.8 Å². The maximum Gasteiger partial charge on any atom is 0.225 e. The molecule has 0 radical (unpaired) electrons. The molecule has 2 fully saturated rings. The molecule has 0 bridgehead atoms. The Labute approximate surface area is 137 Å². The molecule has 1 spiro atoms. The van der Waals surface area contributed by atoms with Crippen LogP contribution in [0.1, 0.15) is 19.3 Å². The van der Waals surface area contributed by atoms with Crippen LogP contribution < -0.4 is 4.90 Å². The van der Waals surface area contributed by atoms with E-state index in [1.165, 1.54) is 6.26 Å². The molecule has 23 heavy (non-hydrogen) atoms. The summed E-state index contributed by atoms with van der Waals surface area (Å²) in [5.41, 5.74) is 0.129. The SMILES string of the molecule is COC[C@H]1CC2(CCN(S(C)(=O)=O)CC2)CN1c1ncccn1. The number of methoxy groups -OCH3 is 1. The highest BCUT2D eigenvalue weighted by atomic mass is 32.2. The first-order valence-electron chi connectivity index (χ1n) is 7.91. The van der Waals surface area contributed by atoms with Gasteiger partial charge in [-0.3, -0.25) is 0 Å². The maximum atomic E-state index is 11.7. The van der Waals surface area contributed by atoms with Crippen molar-refractivity contribution in [1.29, 1.82) is 0 Å². The van der Waals surface area contributed by atoms with Crippen LogP contribution in [0, 0.1) is 5.41 Å². The van der Waals surface area contributed by atoms with Gasteiger partial charge in [-0.1, -0.05) is 0 Å². The quantitative estimate of drug-likeness (QED) is 0.805. The van der Waals surface area contributed by atoms with Gasteiger partial charge in [0.25, 0.3) is 0 Å². The van der Waals surface area contributed by atoms with Crippen LogP contribution in [0.4, 0.5) is 5.95 Å². The Morgan fingerprint density at radius 1 is 1.30 bits per heavy atom. The van der Waals surface area contributed by atoms with E-state index in [-0.39, 0.29) is 11.5 Å². The molecule has 1 atom stereocenters. The topological polar surface area (TPSA) is 75.6 Å². The molecule has 128 valence electrons. The molecule has 2 aliphatic heterocycles. The first kappa shape index (κ1) is 16.6. The van der Waals surface area contributed by atoms with Crippen LogP contribution in [0.5, 0.6) is 0 Å². The normalized spacial score (nSPS) is 25.1. The molecular formula is C15H24N4O3S. The summed E-state index contributed by atoms with van der Waals surface area (Å²) in [6.07, 6.45) is 7.55. The molecule has 1 aromatic rings. The first-order valence-corrected chi connectivity index (χ1v) is 9.76. The lowest BCUT2D eigenvalue weighted by molar-refractivity contribution is 0.148. The summed E-state index contributed by atoms with van der Waals surface area (Å²) in [5.74, 6) is 0.733. The molecule has 3 heterocycles. The Hall–Kier alpha value is -1.25. The largest absolute Gasteiger partial charge is 0.383 e. The zero-order valence-electron chi connectivity index (χ0n) is 13.7. The molecule has 2 aliphatic rings. The lowest BCUT2D eigenvalue weighted by atomic mass is 9.77. The van der Waals surface area contributed by atoms with E-state index in [0.29, 0.717) is 19.7 Å². The molecule has 0 aromatic carbocycles. The van der Waals surface area contributed by atoms with Gasteiger partial charge in [-0.15, -0.1) is 0 Å². The summed E-state index contributed by atoms with van der Waals surface area (Å²) >= 11 is 0. The van der Waals surface area contributed by atoms with Gasteiger partial charge < -0.3 is 9.64 Å². The van der Waals surface area contributed by atoms with Crippen molar-refractivity contribution in [3.63, 3.8) is 0 Å². The average Bonchev–Trinajstić information content (AvgIpc) is 2.86. The van der Waals surface area contributed by atoms with Gasteiger partial charge in [0.15, 0.2) is 0 Å². The van der Waals surface area contributed by atoms with Crippen molar-refractivity contribution >= 4 is 16.0 Å². The molecule has 8 heteroatoms. The summed E-state index contributed by atoms with van der Waals surface area (Å²) in [5, 5.41) is 0. The third-order valence-electron chi connectivity index (χ3n) is 5.04. The summed E-state index contributed by atoms with van der Waals surface area (Å²) in [4.78, 5) is 11.0. The van der Waals surface area contributed by atoms with Gasteiger partial charge in [0.2, 0.25) is 16.0 Å². The third kappa shape index (κ3) is 3.49. The van der Waals surface area contributed by atoms with Crippen molar-refractivity contribution in [2.24, 2.45) is 5.41 Å². The smallest absolute Gasteiger partial charge is 0.225 e. The summed E-state index contributed by atoms with van der Waals surface area (Å²) in [7, 11) is -1.38. The standard InChI is InChI=1S/C15H24N4O3S/c1-22-11-13-10-15(4-8-18(9-5-15)23(2,20)21)12-19(13)14-16-6-3-7-17-14/h3,6-7,13H,4-5,8-12H2,1-2H3/t13-/m1/s1. The number of aromatic nitrogens is 2. The summed E-state index contributed by atoms with van der Waals surface area (Å²) in [6.45, 7) is 2.70. The number of rotatable bonds is 4. The minimum atomic E-state index is -3.09. The number of nitrogens with zero attached hydrogens (tertiary/aromatic N) is 4. The minimum absolute atomic E-state index is 0.129. The van der Waals surface area contributed by atoms with Gasteiger partial charge in [0.1, 0.15) is 0 Å². The van der Waals surface area contributed by atoms with Gasteiger partial charge in [-0.25, -0.2) is 22.7 Å². The summed E-state index contributed by atoms with van der Waals surface area (Å²) < 4.78 is 30.4. The van der Waals surface area contributed by atoms with Crippen molar-refractivity contribution in [1.82, 2.24) is 14.3 Å². The van der Waals surface area contributed by atoms with Gasteiger partial charge in [0.05, 0.1) is 18.9 Å². The predicted octanol–water partition coefficient (Wildman–Crippen LogP) is 0.744. The molecular weight excluding hydrogens is 316 g/mol. The van der Waals surface area contributed by atoms with Gasteiger partial charge in [-0.2, -0.15) is 0 Å². The zero-order chi connectivity index (χ0) is 16.5. The molecule has 3 rings (SSSR count). The van der Waals surface area contributed by atoms with E-state index in [2.05, 4.69) is 14.9 Å². The number of hydrogen-bond donors (Lipinski definition) is 0. The fourth-order valence-corrected chi connectivity index (χ4v) is 4.68. The zero-order valence-corrected chi connectivity index (χ0v) is 14.5. The van der Waals surface area contributed by atoms with Gasteiger partial charge in [-0.05, 0) is 30.7 Å². The third-order valence-corrected chi connectivity index (χ3v) is 6.34. The highest BCUT2D eigenvalue weighted by Gasteiger charge is 2.47. The second-order valence-corrected chi connectivity index (χ2v) is 8.63. The number of sulfonamides is 1. The second kappa shape index (κ2) is 6.33. The van der Waals surface area contributed by atoms with E-state index in [0.717, 1.165) is 31.8 Å². The molecule has 7 nitrogen and oxygen atoms in total. The van der Waals surface area contributed by atoms with Gasteiger partial charge in [0, 0.05) is 39.1 Å². The lowest BCUT2D eigenvalue weighted by Gasteiger charge is -2.38. The molecule has 0 saturated carbocycles. The maximum absolute atomic E-state index is 11.7. The monoisotopic (exact) mass is 340 g/mol. The molecule has 0 aliphatic carbocycles. The lowest BCUT2D eigenvalue weighted by Crippen LogP contribution is -2.43. The van der Waals surface area contributed by atoms with Crippen LogP contribution >= 0.6 is 0 Å². The first-order chi connectivity index (χ1) is 10.9. The Kier molecular flexibility index (Phi) is 4.57. The Morgan fingerprint density at radius 2 is 1.96 bits per heavy atom. The average molecular weight is 340 g/mol. The van der Waals surface area contributed by atoms with E-state index < -0.39 is 10.0 Å². The van der Waals surface area contributed by atoms with Crippen LogP contribution in [0.15, 0.2) is 18.5 Å². The summed E-state index contributed by atoms with van der Waals surface area (Å²) in [6, 6.07) is 2.05. The molecule has 1 aromatic heterocycles. The highest BCUT2D eigenvalue weighted by Crippen LogP contribution is 2.44. The fourth-order valence-electron chi connectivity index (χ4n) is 3.83. The Balaban J connectivity index is 1.76. The van der Waals surface area contributed by atoms with E-state index in [1.54, 1.807) is 23.8 Å². The van der Waals surface area contributed by atoms with E-state index in [4.69, 9.17) is 4.74 Å². The van der Waals surface area contributed by atoms with Crippen molar-refractivity contribution < 1.29 is 13.2 Å². The number of ether oxygens (including phenoxy) is 1. The molecule has 2 saturated heterocycles. The van der Waals surface area contributed by atoms with Crippen molar-refractivity contribution in [3.8, 4) is 0 Å². The predicted molar refractivity (Wildman–Crippen MR) is 87.7 cm³/mol. The van der Waals surface area contributed by atoms with E-state index in [9.17, 15) is 8.42 Å². The van der Waals surface area contributed by atoms with Crippen molar-refractivity contribution in [3.05, 3.63) is 18.5 Å². The molecule has 0 unspecified atom stereocenters. The number of anilines is 1. The fraction of sp³-hybridized carbons (Fsp3) is 0.733. The second-order valence-electron chi connectivity index (χ2n) is 6.65. The van der Waals surface area contributed by atoms with Crippen LogP contribution in [0.2, 0.25) is 0 Å². The van der Waals surface area contributed by atoms with E-state index in [1.807, 2.05) is 6.07 Å². The van der Waals surface area contributed by atoms with Crippen LogP contribution in [-0.4, -0.2) is 68.3 Å². The molecule has 0 amide bonds. The number of hydrogen-bond acceptors (Lipinski definition) is 6. The highest BCUT2D eigenvalue weighted by molar-refractivity contribution is 7.88. The molecule has 0 N–H and O–H groups in total. The van der Waals surface area contributed by atoms with Crippen molar-refractivity contribution in [2.75, 3.05) is 44.5 Å². The van der Waals surface area contributed by atoms with E-state index >= 15 is 0 Å². The minimum Gasteiger partial charge on any atom is -0.383 e. The Morgan fingerprint density at radius 3 is 2.52 bits per heavy atom. The van der Waals surface area contributed by atoms with Gasteiger partial charge >= 0.3 is 0 Å². The Bertz CT molecular complexity index is 629.